The highest BCUT2D eigenvalue weighted by molar-refractivity contribution is 6.09. The number of ether oxygens (including phenoxy) is 2. The first-order valence-electron chi connectivity index (χ1n) is 20.3. The Morgan fingerprint density at radius 3 is 1.40 bits per heavy atom. The molecule has 0 radical (unpaired) electrons. The molecule has 2 aromatic carbocycles. The van der Waals surface area contributed by atoms with E-state index >= 15 is 0 Å². The summed E-state index contributed by atoms with van der Waals surface area (Å²) in [6, 6.07) is 6.77. The third-order valence-electron chi connectivity index (χ3n) is 9.67. The van der Waals surface area contributed by atoms with Gasteiger partial charge in [0.15, 0.2) is 23.4 Å². The van der Waals surface area contributed by atoms with Crippen LogP contribution in [0.15, 0.2) is 36.7 Å². The molecule has 0 aliphatic carbocycles. The number of aromatic nitrogens is 2. The lowest BCUT2D eigenvalue weighted by Gasteiger charge is -2.21. The summed E-state index contributed by atoms with van der Waals surface area (Å²) in [6.45, 7) is 1.32. The number of rotatable bonds is 22. The summed E-state index contributed by atoms with van der Waals surface area (Å²) < 4.78 is 41.0. The molecule has 5 rings (SSSR count). The molecule has 14 N–H and O–H groups in total. The van der Waals surface area contributed by atoms with Gasteiger partial charge in [-0.25, -0.2) is 18.7 Å². The Hall–Kier alpha value is -6.68. The van der Waals surface area contributed by atoms with Gasteiger partial charge in [-0.2, -0.15) is 0 Å². The van der Waals surface area contributed by atoms with E-state index in [0.717, 1.165) is 12.4 Å². The van der Waals surface area contributed by atoms with Gasteiger partial charge in [0.05, 0.1) is 22.7 Å². The number of halogens is 2. The number of anilines is 4. The average Bonchev–Trinajstić information content (AvgIpc) is 3.97. The Morgan fingerprint density at radius 1 is 0.645 bits per heavy atom. The molecule has 3 heterocycles. The minimum absolute atomic E-state index is 0.0520. The molecular formula is C40H54F2N14O6. The van der Waals surface area contributed by atoms with Crippen molar-refractivity contribution in [2.24, 2.45) is 11.5 Å². The third kappa shape index (κ3) is 14.2. The van der Waals surface area contributed by atoms with E-state index in [9.17, 15) is 28.0 Å². The molecule has 0 spiro atoms. The first-order chi connectivity index (χ1) is 29.9. The minimum atomic E-state index is -0.927. The van der Waals surface area contributed by atoms with E-state index in [1.807, 2.05) is 0 Å². The van der Waals surface area contributed by atoms with Crippen molar-refractivity contribution < 1.29 is 37.4 Å². The molecule has 2 aliphatic rings. The lowest BCUT2D eigenvalue weighted by atomic mass is 10.1. The fourth-order valence-corrected chi connectivity index (χ4v) is 6.62. The Labute approximate surface area is 356 Å². The molecule has 1 aromatic heterocycles. The van der Waals surface area contributed by atoms with Crippen molar-refractivity contribution in [3.05, 3.63) is 59.2 Å². The van der Waals surface area contributed by atoms with Crippen LogP contribution in [0, 0.1) is 10.8 Å². The zero-order chi connectivity index (χ0) is 44.4. The number of carbonyl (C=O) groups excluding carboxylic acids is 4. The van der Waals surface area contributed by atoms with Crippen molar-refractivity contribution in [3.63, 3.8) is 0 Å². The first-order valence-corrected chi connectivity index (χ1v) is 20.3. The number of nitrogens with one attached hydrogen (secondary N) is 10. The van der Waals surface area contributed by atoms with Crippen LogP contribution in [0.2, 0.25) is 0 Å². The summed E-state index contributed by atoms with van der Waals surface area (Å²) in [5.41, 5.74) is 10.8. The number of carbonyl (C=O) groups is 4. The molecule has 20 nitrogen and oxygen atoms in total. The van der Waals surface area contributed by atoms with Crippen molar-refractivity contribution in [1.29, 1.82) is 10.8 Å². The lowest BCUT2D eigenvalue weighted by Crippen LogP contribution is -2.31. The largest absolute Gasteiger partial charge is 0.485 e. The lowest BCUT2D eigenvalue weighted by molar-refractivity contribution is -0.117. The molecule has 2 atom stereocenters. The Morgan fingerprint density at radius 2 is 1.05 bits per heavy atom. The summed E-state index contributed by atoms with van der Waals surface area (Å²) in [7, 11) is 0. The van der Waals surface area contributed by atoms with Crippen LogP contribution >= 0.6 is 0 Å². The summed E-state index contributed by atoms with van der Waals surface area (Å²) in [5.74, 6) is -2.49. The first kappa shape index (κ1) is 46.4. The molecule has 334 valence electrons. The summed E-state index contributed by atoms with van der Waals surface area (Å²) >= 11 is 0. The molecule has 62 heavy (non-hydrogen) atoms. The van der Waals surface area contributed by atoms with Crippen molar-refractivity contribution >= 4 is 58.3 Å². The van der Waals surface area contributed by atoms with Gasteiger partial charge >= 0.3 is 0 Å². The highest BCUT2D eigenvalue weighted by atomic mass is 19.1. The van der Waals surface area contributed by atoms with E-state index in [4.69, 9.17) is 31.8 Å². The number of guanidine groups is 2. The second kappa shape index (κ2) is 23.4. The highest BCUT2D eigenvalue weighted by Gasteiger charge is 2.26. The monoisotopic (exact) mass is 864 g/mol. The maximum Gasteiger partial charge on any atom is 0.274 e. The van der Waals surface area contributed by atoms with Crippen LogP contribution in [0.4, 0.5) is 31.5 Å². The number of hydrogen-bond donors (Lipinski definition) is 12. The standard InChI is InChI=1S/C40H54F2N14O6/c41-18-23-13-27(53-33(57)5-1-3-9-49-39(43)44)35(61-25-7-11-47-20-25)29(15-23)55-37(59)31-17-32(52-22-51-31)38(60)56-30-16-24(19-42)14-28(36(30)62-26-8-12-48-21-26)54-34(58)6-2-4-10-50-40(45)46/h13-17,22,25-26,47-48H,1-12,18-21H2,(H,53,57)(H,54,58)(H,55,59)(H,56,60)(H4,43,44,49)(H4,45,46,50). The predicted molar refractivity (Wildman–Crippen MR) is 229 cm³/mol. The predicted octanol–water partition coefficient (Wildman–Crippen LogP) is 2.59. The molecular weight excluding hydrogens is 811 g/mol. The number of nitrogens with zero attached hydrogens (tertiary/aromatic N) is 2. The van der Waals surface area contributed by atoms with Crippen LogP contribution in [-0.2, 0) is 22.9 Å². The fourth-order valence-electron chi connectivity index (χ4n) is 6.62. The van der Waals surface area contributed by atoms with E-state index < -0.39 is 25.2 Å². The zero-order valence-corrected chi connectivity index (χ0v) is 34.2. The van der Waals surface area contributed by atoms with Crippen LogP contribution < -0.4 is 63.5 Å². The van der Waals surface area contributed by atoms with Gasteiger partial charge in [0.2, 0.25) is 11.8 Å². The number of nitrogens with two attached hydrogens (primary N) is 2. The average molecular weight is 865 g/mol. The number of amides is 4. The van der Waals surface area contributed by atoms with Crippen molar-refractivity contribution in [1.82, 2.24) is 31.2 Å². The van der Waals surface area contributed by atoms with Gasteiger partial charge in [0.1, 0.15) is 43.3 Å². The third-order valence-corrected chi connectivity index (χ3v) is 9.67. The maximum absolute atomic E-state index is 14.2. The molecule has 2 saturated heterocycles. The van der Waals surface area contributed by atoms with E-state index in [-0.39, 0.29) is 106 Å². The molecule has 3 aromatic rings. The van der Waals surface area contributed by atoms with E-state index in [1.54, 1.807) is 0 Å². The maximum atomic E-state index is 14.2. The quantitative estimate of drug-likeness (QED) is 0.0393. The second-order valence-electron chi connectivity index (χ2n) is 14.7. The highest BCUT2D eigenvalue weighted by Crippen LogP contribution is 2.39. The van der Waals surface area contributed by atoms with Crippen molar-refractivity contribution in [2.75, 3.05) is 60.5 Å². The van der Waals surface area contributed by atoms with Crippen molar-refractivity contribution in [2.45, 2.75) is 76.9 Å². The van der Waals surface area contributed by atoms with Crippen LogP contribution in [-0.4, -0.2) is 97.0 Å². The topological polar surface area (TPSA) is 308 Å². The smallest absolute Gasteiger partial charge is 0.274 e. The molecule has 2 unspecified atom stereocenters. The number of unbranched alkanes of at least 4 members (excludes halogenated alkanes) is 2. The van der Waals surface area contributed by atoms with Gasteiger partial charge in [0, 0.05) is 45.1 Å². The summed E-state index contributed by atoms with van der Waals surface area (Å²) in [5, 5.41) is 37.2. The van der Waals surface area contributed by atoms with Crippen LogP contribution in [0.25, 0.3) is 0 Å². The van der Waals surface area contributed by atoms with Crippen molar-refractivity contribution in [3.8, 4) is 11.5 Å². The van der Waals surface area contributed by atoms with Crippen LogP contribution in [0.1, 0.15) is 83.5 Å². The normalized spacial score (nSPS) is 15.6. The van der Waals surface area contributed by atoms with Gasteiger partial charge < -0.3 is 63.5 Å². The fraction of sp³-hybridized carbons (Fsp3) is 0.450. The number of hydrogen-bond acceptors (Lipinski definition) is 12. The summed E-state index contributed by atoms with van der Waals surface area (Å²) in [4.78, 5) is 61.7. The SMILES string of the molecule is N=C(N)NCCCCC(=O)Nc1cc(CF)cc(NC(=O)c2cc(C(=O)Nc3cc(CF)cc(NC(=O)CCCCNC(=N)N)c3OC3CCNC3)ncn2)c1OC1CCNC1. The van der Waals surface area contributed by atoms with E-state index in [1.165, 1.54) is 24.3 Å². The van der Waals surface area contributed by atoms with Gasteiger partial charge in [-0.3, -0.25) is 30.0 Å². The Bertz CT molecular complexity index is 1940. The second-order valence-corrected chi connectivity index (χ2v) is 14.7. The van der Waals surface area contributed by atoms with Gasteiger partial charge in [-0.1, -0.05) is 0 Å². The molecule has 2 fully saturated rings. The number of alkyl halides is 2. The molecule has 0 saturated carbocycles. The van der Waals surface area contributed by atoms with Gasteiger partial charge in [-0.15, -0.1) is 0 Å². The number of benzene rings is 2. The molecule has 2 aliphatic heterocycles. The minimum Gasteiger partial charge on any atom is -0.485 e. The summed E-state index contributed by atoms with van der Waals surface area (Å²) in [6.07, 6.45) is 3.92. The van der Waals surface area contributed by atoms with E-state index in [2.05, 4.69) is 52.5 Å². The zero-order valence-electron chi connectivity index (χ0n) is 34.2. The molecule has 0 bridgehead atoms. The molecule has 4 amide bonds. The van der Waals surface area contributed by atoms with E-state index in [0.29, 0.717) is 77.8 Å². The Kier molecular flexibility index (Phi) is 17.5. The van der Waals surface area contributed by atoms with Gasteiger partial charge in [0.25, 0.3) is 11.8 Å². The van der Waals surface area contributed by atoms with Crippen LogP contribution in [0.5, 0.6) is 11.5 Å². The van der Waals surface area contributed by atoms with Gasteiger partial charge in [-0.05, 0) is 87.0 Å². The van der Waals surface area contributed by atoms with Crippen LogP contribution in [0.3, 0.4) is 0 Å². The Balaban J connectivity index is 1.36. The molecule has 22 heteroatoms.